The van der Waals surface area contributed by atoms with Gasteiger partial charge in [0.2, 0.25) is 10.0 Å². The van der Waals surface area contributed by atoms with E-state index in [1.807, 2.05) is 0 Å². The highest BCUT2D eigenvalue weighted by Gasteiger charge is 2.31. The number of hydrogen-bond acceptors (Lipinski definition) is 5. The number of nitrogens with zero attached hydrogens (tertiary/aromatic N) is 1. The van der Waals surface area contributed by atoms with Gasteiger partial charge in [0.15, 0.2) is 0 Å². The van der Waals surface area contributed by atoms with Crippen molar-refractivity contribution >= 4 is 21.6 Å². The quantitative estimate of drug-likeness (QED) is 0.754. The molecule has 0 radical (unpaired) electrons. The van der Waals surface area contributed by atoms with Gasteiger partial charge in [-0.05, 0) is 42.5 Å². The van der Waals surface area contributed by atoms with Gasteiger partial charge < -0.3 is 14.8 Å². The van der Waals surface area contributed by atoms with Crippen molar-refractivity contribution in [2.45, 2.75) is 25.2 Å². The highest BCUT2D eigenvalue weighted by Crippen LogP contribution is 2.28. The van der Waals surface area contributed by atoms with Crippen molar-refractivity contribution < 1.29 is 22.7 Å². The molecule has 1 heterocycles. The Hall–Kier alpha value is -2.58. The molecule has 30 heavy (non-hydrogen) atoms. The Labute approximate surface area is 178 Å². The predicted octanol–water partition coefficient (Wildman–Crippen LogP) is 3.62. The molecule has 2 aromatic rings. The third-order valence-corrected chi connectivity index (χ3v) is 7.04. The van der Waals surface area contributed by atoms with E-state index in [2.05, 4.69) is 19.2 Å². The average Bonchev–Trinajstić information content (AvgIpc) is 2.72. The molecule has 0 aromatic heterocycles. The van der Waals surface area contributed by atoms with Gasteiger partial charge in [-0.1, -0.05) is 13.8 Å². The number of amides is 1. The van der Waals surface area contributed by atoms with Crippen LogP contribution in [0.2, 0.25) is 0 Å². The maximum Gasteiger partial charge on any atom is 0.255 e. The van der Waals surface area contributed by atoms with Crippen molar-refractivity contribution in [2.75, 3.05) is 32.6 Å². The molecular formula is C22H28N2O5S. The summed E-state index contributed by atoms with van der Waals surface area (Å²) in [5, 5.41) is 2.78. The van der Waals surface area contributed by atoms with Crippen LogP contribution in [0.25, 0.3) is 0 Å². The van der Waals surface area contributed by atoms with Crippen LogP contribution in [0, 0.1) is 11.8 Å². The van der Waals surface area contributed by atoms with Crippen molar-refractivity contribution in [1.82, 2.24) is 4.31 Å². The van der Waals surface area contributed by atoms with Crippen LogP contribution in [0.4, 0.5) is 5.69 Å². The second-order valence-corrected chi connectivity index (χ2v) is 9.79. The number of anilines is 1. The Morgan fingerprint density at radius 3 is 2.00 bits per heavy atom. The van der Waals surface area contributed by atoms with Crippen molar-refractivity contribution in [3.8, 4) is 11.5 Å². The fourth-order valence-corrected chi connectivity index (χ4v) is 5.49. The Morgan fingerprint density at radius 1 is 0.967 bits per heavy atom. The Bertz CT molecular complexity index is 972. The molecule has 3 rings (SSSR count). The maximum atomic E-state index is 13.0. The standard InChI is InChI=1S/C22H28N2O5S/c1-15-9-16(2)14-24(13-15)30(26,27)21-7-5-17(6-8-21)22(25)23-18-10-19(28-3)12-20(11-18)29-4/h5-8,10-12,15-16H,9,13-14H2,1-4H3,(H,23,25). The van der Waals surface area contributed by atoms with E-state index in [1.165, 1.54) is 38.5 Å². The lowest BCUT2D eigenvalue weighted by atomic mass is 9.94. The summed E-state index contributed by atoms with van der Waals surface area (Å²) in [6.45, 7) is 5.18. The smallest absolute Gasteiger partial charge is 0.255 e. The first-order valence-electron chi connectivity index (χ1n) is 9.87. The first-order valence-corrected chi connectivity index (χ1v) is 11.3. The molecule has 1 saturated heterocycles. The van der Waals surface area contributed by atoms with Crippen molar-refractivity contribution in [3.63, 3.8) is 0 Å². The molecule has 0 saturated carbocycles. The van der Waals surface area contributed by atoms with Crippen LogP contribution in [0.1, 0.15) is 30.6 Å². The van der Waals surface area contributed by atoms with Gasteiger partial charge in [-0.15, -0.1) is 0 Å². The minimum absolute atomic E-state index is 0.198. The van der Waals surface area contributed by atoms with E-state index in [0.717, 1.165) is 6.42 Å². The predicted molar refractivity (Wildman–Crippen MR) is 116 cm³/mol. The van der Waals surface area contributed by atoms with Gasteiger partial charge in [-0.3, -0.25) is 4.79 Å². The normalized spacial score (nSPS) is 19.9. The van der Waals surface area contributed by atoms with Gasteiger partial charge in [0, 0.05) is 42.5 Å². The molecule has 1 aliphatic heterocycles. The number of sulfonamides is 1. The van der Waals surface area contributed by atoms with Crippen LogP contribution < -0.4 is 14.8 Å². The summed E-state index contributed by atoms with van der Waals surface area (Å²) in [6.07, 6.45) is 1.03. The van der Waals surface area contributed by atoms with Crippen LogP contribution in [0.15, 0.2) is 47.4 Å². The van der Waals surface area contributed by atoms with Gasteiger partial charge in [-0.2, -0.15) is 4.31 Å². The number of carbonyl (C=O) groups is 1. The second-order valence-electron chi connectivity index (χ2n) is 7.85. The largest absolute Gasteiger partial charge is 0.497 e. The molecule has 0 bridgehead atoms. The molecule has 2 unspecified atom stereocenters. The minimum Gasteiger partial charge on any atom is -0.497 e. The molecular weight excluding hydrogens is 404 g/mol. The monoisotopic (exact) mass is 432 g/mol. The topological polar surface area (TPSA) is 84.9 Å². The number of hydrogen-bond donors (Lipinski definition) is 1. The van der Waals surface area contributed by atoms with Gasteiger partial charge in [-0.25, -0.2) is 8.42 Å². The molecule has 162 valence electrons. The molecule has 0 aliphatic carbocycles. The van der Waals surface area contributed by atoms with E-state index in [9.17, 15) is 13.2 Å². The van der Waals surface area contributed by atoms with Gasteiger partial charge >= 0.3 is 0 Å². The number of rotatable bonds is 6. The number of benzene rings is 2. The van der Waals surface area contributed by atoms with Crippen molar-refractivity contribution in [2.24, 2.45) is 11.8 Å². The van der Waals surface area contributed by atoms with E-state index in [0.29, 0.717) is 47.7 Å². The molecule has 1 amide bonds. The van der Waals surface area contributed by atoms with E-state index >= 15 is 0 Å². The Balaban J connectivity index is 1.76. The van der Waals surface area contributed by atoms with Gasteiger partial charge in [0.1, 0.15) is 11.5 Å². The van der Waals surface area contributed by atoms with E-state index in [4.69, 9.17) is 9.47 Å². The molecule has 1 N–H and O–H groups in total. The lowest BCUT2D eigenvalue weighted by Crippen LogP contribution is -2.42. The fraction of sp³-hybridized carbons (Fsp3) is 0.409. The number of carbonyl (C=O) groups excluding carboxylic acids is 1. The van der Waals surface area contributed by atoms with Crippen LogP contribution >= 0.6 is 0 Å². The molecule has 8 heteroatoms. The minimum atomic E-state index is -3.58. The number of ether oxygens (including phenoxy) is 2. The zero-order valence-electron chi connectivity index (χ0n) is 17.7. The molecule has 1 fully saturated rings. The zero-order valence-corrected chi connectivity index (χ0v) is 18.5. The van der Waals surface area contributed by atoms with Crippen LogP contribution in [-0.4, -0.2) is 45.9 Å². The van der Waals surface area contributed by atoms with Crippen LogP contribution in [0.5, 0.6) is 11.5 Å². The Morgan fingerprint density at radius 2 is 1.50 bits per heavy atom. The maximum absolute atomic E-state index is 13.0. The van der Waals surface area contributed by atoms with E-state index < -0.39 is 10.0 Å². The summed E-state index contributed by atoms with van der Waals surface area (Å²) in [6, 6.07) is 11.1. The number of nitrogens with one attached hydrogen (secondary N) is 1. The molecule has 1 aliphatic rings. The summed E-state index contributed by atoms with van der Waals surface area (Å²) in [5.41, 5.74) is 0.875. The third kappa shape index (κ3) is 4.94. The van der Waals surface area contributed by atoms with Gasteiger partial charge in [0.25, 0.3) is 5.91 Å². The zero-order chi connectivity index (χ0) is 21.9. The summed E-state index contributed by atoms with van der Waals surface area (Å²) >= 11 is 0. The van der Waals surface area contributed by atoms with Crippen molar-refractivity contribution in [1.29, 1.82) is 0 Å². The van der Waals surface area contributed by atoms with Crippen LogP contribution in [0.3, 0.4) is 0 Å². The third-order valence-electron chi connectivity index (χ3n) is 5.20. The highest BCUT2D eigenvalue weighted by atomic mass is 32.2. The second kappa shape index (κ2) is 9.06. The lowest BCUT2D eigenvalue weighted by Gasteiger charge is -2.34. The number of piperidine rings is 1. The molecule has 2 atom stereocenters. The van der Waals surface area contributed by atoms with E-state index in [1.54, 1.807) is 22.5 Å². The summed E-state index contributed by atoms with van der Waals surface area (Å²) in [7, 11) is -0.516. The summed E-state index contributed by atoms with van der Waals surface area (Å²) in [4.78, 5) is 12.8. The summed E-state index contributed by atoms with van der Waals surface area (Å²) < 4.78 is 37.9. The van der Waals surface area contributed by atoms with Crippen LogP contribution in [-0.2, 0) is 10.0 Å². The molecule has 7 nitrogen and oxygen atoms in total. The number of methoxy groups -OCH3 is 2. The lowest BCUT2D eigenvalue weighted by molar-refractivity contribution is 0.102. The highest BCUT2D eigenvalue weighted by molar-refractivity contribution is 7.89. The summed E-state index contributed by atoms with van der Waals surface area (Å²) in [5.74, 6) is 1.41. The first kappa shape index (κ1) is 22.1. The molecule has 0 spiro atoms. The van der Waals surface area contributed by atoms with E-state index in [-0.39, 0.29) is 10.8 Å². The van der Waals surface area contributed by atoms with Crippen molar-refractivity contribution in [3.05, 3.63) is 48.0 Å². The first-order chi connectivity index (χ1) is 14.2. The fourth-order valence-electron chi connectivity index (χ4n) is 3.81. The Kier molecular flexibility index (Phi) is 6.67. The molecule has 2 aromatic carbocycles. The SMILES string of the molecule is COc1cc(NC(=O)c2ccc(S(=O)(=O)N3CC(C)CC(C)C3)cc2)cc(OC)c1. The average molecular weight is 433 g/mol. The van der Waals surface area contributed by atoms with Gasteiger partial charge in [0.05, 0.1) is 19.1 Å².